The van der Waals surface area contributed by atoms with Crippen LogP contribution >= 0.6 is 0 Å². The fourth-order valence-electron chi connectivity index (χ4n) is 4.29. The molecule has 2 aromatic rings. The van der Waals surface area contributed by atoms with Crippen LogP contribution in [0.2, 0.25) is 0 Å². The number of fused-ring (bicyclic) bond motifs is 1. The third-order valence-corrected chi connectivity index (χ3v) is 5.96. The van der Waals surface area contributed by atoms with E-state index in [9.17, 15) is 4.79 Å². The zero-order valence-electron chi connectivity index (χ0n) is 18.3. The summed E-state index contributed by atoms with van der Waals surface area (Å²) in [6, 6.07) is 8.53. The van der Waals surface area contributed by atoms with E-state index < -0.39 is 11.6 Å². The number of ether oxygens (including phenoxy) is 1. The Hall–Kier alpha value is -2.14. The summed E-state index contributed by atoms with van der Waals surface area (Å²) in [5.41, 5.74) is 2.23. The van der Waals surface area contributed by atoms with E-state index in [0.717, 1.165) is 45.3 Å². The Morgan fingerprint density at radius 3 is 2.62 bits per heavy atom. The number of piperidine rings is 1. The van der Waals surface area contributed by atoms with Gasteiger partial charge in [0.15, 0.2) is 0 Å². The number of hydrogen-bond donors (Lipinski definition) is 2. The van der Waals surface area contributed by atoms with Crippen molar-refractivity contribution in [1.82, 2.24) is 9.88 Å². The van der Waals surface area contributed by atoms with Crippen LogP contribution in [0, 0.1) is 11.3 Å². The molecule has 0 radical (unpaired) electrons. The van der Waals surface area contributed by atoms with Gasteiger partial charge in [-0.15, -0.1) is 0 Å². The van der Waals surface area contributed by atoms with E-state index in [1.54, 1.807) is 0 Å². The van der Waals surface area contributed by atoms with E-state index in [1.807, 2.05) is 27.7 Å². The van der Waals surface area contributed by atoms with Gasteiger partial charge in [-0.25, -0.2) is 4.79 Å². The first-order valence-corrected chi connectivity index (χ1v) is 10.9. The second kappa shape index (κ2) is 9.12. The Kier molecular flexibility index (Phi) is 6.78. The normalized spacial score (nSPS) is 17.4. The van der Waals surface area contributed by atoms with Crippen molar-refractivity contribution >= 4 is 22.6 Å². The monoisotopic (exact) mass is 397 g/mol. The lowest BCUT2D eigenvalue weighted by molar-refractivity contribution is -0.146. The molecule has 3 rings (SSSR count). The van der Waals surface area contributed by atoms with Crippen molar-refractivity contribution in [2.75, 3.05) is 19.6 Å². The number of para-hydroxylation sites is 1. The van der Waals surface area contributed by atoms with E-state index >= 15 is 0 Å². The maximum absolute atomic E-state index is 12.2. The van der Waals surface area contributed by atoms with Crippen LogP contribution < -0.4 is 0 Å². The first kappa shape index (κ1) is 21.6. The number of hydrogen-bond acceptors (Lipinski definition) is 4. The van der Waals surface area contributed by atoms with Crippen molar-refractivity contribution < 1.29 is 9.53 Å². The van der Waals surface area contributed by atoms with Crippen LogP contribution in [0.5, 0.6) is 0 Å². The largest absolute Gasteiger partial charge is 0.455 e. The Labute approximate surface area is 174 Å². The number of carbonyl (C=O) groups excluding carboxylic acids is 1. The molecular weight excluding hydrogens is 362 g/mol. The molecule has 1 aliphatic rings. The Morgan fingerprint density at radius 1 is 1.28 bits per heavy atom. The number of nitrogens with one attached hydrogen (secondary N) is 2. The summed E-state index contributed by atoms with van der Waals surface area (Å²) in [6.07, 6.45) is 6.13. The third-order valence-electron chi connectivity index (χ3n) is 5.96. The number of likely N-dealkylation sites (tertiary alicyclic amines) is 1. The smallest absolute Gasteiger partial charge is 0.352 e. The van der Waals surface area contributed by atoms with E-state index in [1.165, 1.54) is 16.5 Å². The molecule has 0 aliphatic carbocycles. The van der Waals surface area contributed by atoms with Crippen molar-refractivity contribution in [2.24, 2.45) is 5.92 Å². The Bertz CT molecular complexity index is 841. The zero-order chi connectivity index (χ0) is 21.0. The predicted molar refractivity (Wildman–Crippen MR) is 119 cm³/mol. The van der Waals surface area contributed by atoms with Gasteiger partial charge in [-0.3, -0.25) is 5.41 Å². The van der Waals surface area contributed by atoms with E-state index in [0.29, 0.717) is 5.92 Å². The molecule has 29 heavy (non-hydrogen) atoms. The molecule has 0 spiro atoms. The van der Waals surface area contributed by atoms with E-state index in [2.05, 4.69) is 40.3 Å². The summed E-state index contributed by atoms with van der Waals surface area (Å²) >= 11 is 0. The molecule has 1 atom stereocenters. The van der Waals surface area contributed by atoms with Gasteiger partial charge in [0.2, 0.25) is 0 Å². The first-order valence-electron chi connectivity index (χ1n) is 10.9. The van der Waals surface area contributed by atoms with Gasteiger partial charge in [-0.2, -0.15) is 0 Å². The van der Waals surface area contributed by atoms with Gasteiger partial charge in [0.1, 0.15) is 11.3 Å². The number of rotatable bonds is 7. The number of aromatic amines is 1. The fourth-order valence-corrected chi connectivity index (χ4v) is 4.29. The molecular formula is C24H35N3O2. The minimum atomic E-state index is -0.550. The minimum absolute atomic E-state index is 0.0313. The molecule has 0 amide bonds. The van der Waals surface area contributed by atoms with E-state index in [4.69, 9.17) is 10.1 Å². The Balaban J connectivity index is 1.50. The second-order valence-corrected chi connectivity index (χ2v) is 9.21. The molecule has 2 N–H and O–H groups in total. The lowest BCUT2D eigenvalue weighted by Gasteiger charge is -2.33. The SMILES string of the molecule is CC[C@@H](CCN1CCC(c2c[nH]c3ccccc23)CC1)C(=N)C(=O)OC(C)(C)C. The van der Waals surface area contributed by atoms with Gasteiger partial charge >= 0.3 is 5.97 Å². The highest BCUT2D eigenvalue weighted by Gasteiger charge is 2.27. The lowest BCUT2D eigenvalue weighted by atomic mass is 9.88. The van der Waals surface area contributed by atoms with Crippen LogP contribution in [-0.2, 0) is 9.53 Å². The van der Waals surface area contributed by atoms with Gasteiger partial charge in [-0.05, 0) is 83.6 Å². The second-order valence-electron chi connectivity index (χ2n) is 9.21. The van der Waals surface area contributed by atoms with Crippen LogP contribution in [-0.4, -0.2) is 46.8 Å². The van der Waals surface area contributed by atoms with Gasteiger partial charge in [-0.1, -0.05) is 25.1 Å². The molecule has 1 aromatic carbocycles. The number of H-pyrrole nitrogens is 1. The molecule has 2 heterocycles. The molecule has 1 saturated heterocycles. The van der Waals surface area contributed by atoms with Crippen molar-refractivity contribution in [2.45, 2.75) is 64.9 Å². The highest BCUT2D eigenvalue weighted by Crippen LogP contribution is 2.33. The molecule has 158 valence electrons. The summed E-state index contributed by atoms with van der Waals surface area (Å²) in [5, 5.41) is 9.61. The lowest BCUT2D eigenvalue weighted by Crippen LogP contribution is -2.37. The number of nitrogens with zero attached hydrogens (tertiary/aromatic N) is 1. The van der Waals surface area contributed by atoms with Crippen LogP contribution in [0.4, 0.5) is 0 Å². The maximum Gasteiger partial charge on any atom is 0.352 e. The summed E-state index contributed by atoms with van der Waals surface area (Å²) in [7, 11) is 0. The quantitative estimate of drug-likeness (QED) is 0.503. The standard InChI is InChI=1S/C24H35N3O2/c1-5-17(22(25)23(28)29-24(2,3)4)10-13-27-14-11-18(12-15-27)20-16-26-21-9-7-6-8-19(20)21/h6-9,16-18,25-26H,5,10-15H2,1-4H3/t17-/m0/s1. The number of aromatic nitrogens is 1. The molecule has 1 aliphatic heterocycles. The molecule has 0 saturated carbocycles. The Morgan fingerprint density at radius 2 is 1.97 bits per heavy atom. The van der Waals surface area contributed by atoms with Crippen LogP contribution in [0.15, 0.2) is 30.5 Å². The number of carbonyl (C=O) groups is 1. The highest BCUT2D eigenvalue weighted by molar-refractivity contribution is 6.36. The van der Waals surface area contributed by atoms with Gasteiger partial charge in [0.05, 0.1) is 0 Å². The summed E-state index contributed by atoms with van der Waals surface area (Å²) < 4.78 is 5.38. The molecule has 1 fully saturated rings. The zero-order valence-corrected chi connectivity index (χ0v) is 18.3. The van der Waals surface area contributed by atoms with Crippen molar-refractivity contribution in [3.63, 3.8) is 0 Å². The van der Waals surface area contributed by atoms with E-state index in [-0.39, 0.29) is 11.6 Å². The molecule has 5 nitrogen and oxygen atoms in total. The maximum atomic E-state index is 12.2. The molecule has 0 bridgehead atoms. The summed E-state index contributed by atoms with van der Waals surface area (Å²) in [5.74, 6) is 0.100. The van der Waals surface area contributed by atoms with Gasteiger partial charge in [0, 0.05) is 23.0 Å². The number of esters is 1. The third kappa shape index (κ3) is 5.47. The van der Waals surface area contributed by atoms with Crippen molar-refractivity contribution in [3.05, 3.63) is 36.0 Å². The predicted octanol–water partition coefficient (Wildman–Crippen LogP) is 5.13. The van der Waals surface area contributed by atoms with Crippen LogP contribution in [0.1, 0.15) is 64.9 Å². The number of benzene rings is 1. The van der Waals surface area contributed by atoms with Crippen molar-refractivity contribution in [1.29, 1.82) is 5.41 Å². The van der Waals surface area contributed by atoms with Crippen LogP contribution in [0.25, 0.3) is 10.9 Å². The molecule has 1 aromatic heterocycles. The van der Waals surface area contributed by atoms with Crippen molar-refractivity contribution in [3.8, 4) is 0 Å². The highest BCUT2D eigenvalue weighted by atomic mass is 16.6. The molecule has 0 unspecified atom stereocenters. The van der Waals surface area contributed by atoms with Gasteiger partial charge < -0.3 is 14.6 Å². The topological polar surface area (TPSA) is 69.2 Å². The average Bonchev–Trinajstić information content (AvgIpc) is 3.11. The average molecular weight is 398 g/mol. The fraction of sp³-hybridized carbons (Fsp3) is 0.583. The molecule has 5 heteroatoms. The summed E-state index contributed by atoms with van der Waals surface area (Å²) in [4.78, 5) is 18.1. The van der Waals surface area contributed by atoms with Crippen LogP contribution in [0.3, 0.4) is 0 Å². The summed E-state index contributed by atoms with van der Waals surface area (Å²) in [6.45, 7) is 10.7. The minimum Gasteiger partial charge on any atom is -0.455 e. The first-order chi connectivity index (χ1) is 13.8. The van der Waals surface area contributed by atoms with Gasteiger partial charge in [0.25, 0.3) is 0 Å².